The van der Waals surface area contributed by atoms with Gasteiger partial charge < -0.3 is 24.3 Å². The molecule has 3 unspecified atom stereocenters. The zero-order valence-electron chi connectivity index (χ0n) is 16.5. The van der Waals surface area contributed by atoms with E-state index in [0.717, 1.165) is 18.5 Å². The molecule has 2 fully saturated rings. The van der Waals surface area contributed by atoms with Crippen molar-refractivity contribution in [3.63, 3.8) is 0 Å². The summed E-state index contributed by atoms with van der Waals surface area (Å²) in [6.07, 6.45) is 6.38. The normalized spacial score (nSPS) is 27.3. The SMILES string of the molecule is CC1CN(C(=O)NCc2ccc(Cn3ccnc3)cc2)CC2(CCOC2C)O1. The third-order valence-corrected chi connectivity index (χ3v) is 5.68. The van der Waals surface area contributed by atoms with Gasteiger partial charge in [0.2, 0.25) is 0 Å². The van der Waals surface area contributed by atoms with Gasteiger partial charge in [-0.15, -0.1) is 0 Å². The van der Waals surface area contributed by atoms with Crippen molar-refractivity contribution in [2.75, 3.05) is 19.7 Å². The molecule has 2 aromatic rings. The standard InChI is InChI=1S/C21H28N4O3/c1-16-12-25(14-21(28-16)7-10-27-17(21)2)20(26)23-11-18-3-5-19(6-4-18)13-24-9-8-22-15-24/h3-6,8-9,15-17H,7,10-14H2,1-2H3,(H,23,26). The van der Waals surface area contributed by atoms with E-state index >= 15 is 0 Å². The van der Waals surface area contributed by atoms with Crippen molar-refractivity contribution >= 4 is 6.03 Å². The lowest BCUT2D eigenvalue weighted by molar-refractivity contribution is -0.159. The first-order chi connectivity index (χ1) is 13.5. The first kappa shape index (κ1) is 19.0. The lowest BCUT2D eigenvalue weighted by atomic mass is 9.93. The third-order valence-electron chi connectivity index (χ3n) is 5.68. The summed E-state index contributed by atoms with van der Waals surface area (Å²) in [6, 6.07) is 8.25. The first-order valence-electron chi connectivity index (χ1n) is 9.90. The Morgan fingerprint density at radius 2 is 2.07 bits per heavy atom. The van der Waals surface area contributed by atoms with Crippen molar-refractivity contribution in [3.8, 4) is 0 Å². The van der Waals surface area contributed by atoms with Gasteiger partial charge in [0.25, 0.3) is 0 Å². The second kappa shape index (κ2) is 7.93. The lowest BCUT2D eigenvalue weighted by Crippen LogP contribution is -2.60. The summed E-state index contributed by atoms with van der Waals surface area (Å²) in [4.78, 5) is 18.7. The minimum absolute atomic E-state index is 0.00566. The van der Waals surface area contributed by atoms with E-state index in [1.54, 1.807) is 12.5 Å². The minimum atomic E-state index is -0.371. The van der Waals surface area contributed by atoms with E-state index in [0.29, 0.717) is 26.2 Å². The average Bonchev–Trinajstić information content (AvgIpc) is 3.31. The molecule has 2 saturated heterocycles. The molecule has 2 aliphatic heterocycles. The highest BCUT2D eigenvalue weighted by Gasteiger charge is 2.48. The van der Waals surface area contributed by atoms with Gasteiger partial charge in [-0.2, -0.15) is 0 Å². The van der Waals surface area contributed by atoms with Crippen LogP contribution in [0.15, 0.2) is 43.0 Å². The van der Waals surface area contributed by atoms with Gasteiger partial charge in [-0.1, -0.05) is 24.3 Å². The highest BCUT2D eigenvalue weighted by atomic mass is 16.6. The number of carbonyl (C=O) groups excluding carboxylic acids is 1. The molecule has 3 heterocycles. The molecular weight excluding hydrogens is 356 g/mol. The Labute approximate surface area is 165 Å². The second-order valence-electron chi connectivity index (χ2n) is 7.85. The number of morpholine rings is 1. The second-order valence-corrected chi connectivity index (χ2v) is 7.85. The molecule has 0 bridgehead atoms. The molecule has 0 radical (unpaired) electrons. The summed E-state index contributed by atoms with van der Waals surface area (Å²) in [6.45, 7) is 7.22. The van der Waals surface area contributed by atoms with Crippen LogP contribution in [-0.2, 0) is 22.6 Å². The van der Waals surface area contributed by atoms with Crippen LogP contribution in [0.2, 0.25) is 0 Å². The van der Waals surface area contributed by atoms with Crippen molar-refractivity contribution in [3.05, 3.63) is 54.1 Å². The maximum Gasteiger partial charge on any atom is 0.317 e. The Bertz CT molecular complexity index is 792. The number of nitrogens with one attached hydrogen (secondary N) is 1. The Morgan fingerprint density at radius 1 is 1.29 bits per heavy atom. The number of ether oxygens (including phenoxy) is 2. The van der Waals surface area contributed by atoms with Crippen LogP contribution >= 0.6 is 0 Å². The molecule has 2 aliphatic rings. The van der Waals surface area contributed by atoms with Gasteiger partial charge in [0.15, 0.2) is 0 Å². The number of rotatable bonds is 4. The summed E-state index contributed by atoms with van der Waals surface area (Å²) in [7, 11) is 0. The van der Waals surface area contributed by atoms with Crippen LogP contribution in [0.5, 0.6) is 0 Å². The van der Waals surface area contributed by atoms with Crippen molar-refractivity contribution in [1.82, 2.24) is 19.8 Å². The number of imidazole rings is 1. The minimum Gasteiger partial charge on any atom is -0.375 e. The molecule has 2 amide bonds. The first-order valence-corrected chi connectivity index (χ1v) is 9.90. The Morgan fingerprint density at radius 3 is 2.75 bits per heavy atom. The monoisotopic (exact) mass is 384 g/mol. The van der Waals surface area contributed by atoms with Gasteiger partial charge in [0.05, 0.1) is 25.1 Å². The van der Waals surface area contributed by atoms with Crippen LogP contribution in [0.3, 0.4) is 0 Å². The van der Waals surface area contributed by atoms with Crippen molar-refractivity contribution in [2.24, 2.45) is 0 Å². The maximum atomic E-state index is 12.8. The smallest absolute Gasteiger partial charge is 0.317 e. The van der Waals surface area contributed by atoms with E-state index in [1.165, 1.54) is 5.56 Å². The van der Waals surface area contributed by atoms with E-state index in [-0.39, 0.29) is 23.8 Å². The predicted octanol–water partition coefficient (Wildman–Crippen LogP) is 2.41. The fourth-order valence-electron chi connectivity index (χ4n) is 4.10. The van der Waals surface area contributed by atoms with E-state index in [9.17, 15) is 4.79 Å². The molecule has 1 spiro atoms. The number of nitrogens with zero attached hydrogens (tertiary/aromatic N) is 3. The molecule has 0 saturated carbocycles. The Kier molecular flexibility index (Phi) is 5.37. The van der Waals surface area contributed by atoms with E-state index in [2.05, 4.69) is 34.6 Å². The molecule has 7 heteroatoms. The number of amides is 2. The summed E-state index contributed by atoms with van der Waals surface area (Å²) < 4.78 is 13.9. The van der Waals surface area contributed by atoms with E-state index in [4.69, 9.17) is 9.47 Å². The quantitative estimate of drug-likeness (QED) is 0.879. The van der Waals surface area contributed by atoms with E-state index in [1.807, 2.05) is 29.5 Å². The van der Waals surface area contributed by atoms with Gasteiger partial charge in [0, 0.05) is 45.1 Å². The van der Waals surface area contributed by atoms with Crippen molar-refractivity contribution in [2.45, 2.75) is 51.2 Å². The highest BCUT2D eigenvalue weighted by molar-refractivity contribution is 5.74. The zero-order valence-corrected chi connectivity index (χ0v) is 16.5. The van der Waals surface area contributed by atoms with Gasteiger partial charge in [0.1, 0.15) is 5.60 Å². The molecule has 7 nitrogen and oxygen atoms in total. The Balaban J connectivity index is 1.32. The maximum absolute atomic E-state index is 12.8. The molecule has 1 aromatic carbocycles. The fraction of sp³-hybridized carbons (Fsp3) is 0.524. The van der Waals surface area contributed by atoms with Crippen LogP contribution < -0.4 is 5.32 Å². The summed E-state index contributed by atoms with van der Waals surface area (Å²) >= 11 is 0. The van der Waals surface area contributed by atoms with Crippen LogP contribution in [0, 0.1) is 0 Å². The summed E-state index contributed by atoms with van der Waals surface area (Å²) in [5, 5.41) is 3.05. The van der Waals surface area contributed by atoms with Crippen LogP contribution in [0.4, 0.5) is 4.79 Å². The van der Waals surface area contributed by atoms with Crippen molar-refractivity contribution in [1.29, 1.82) is 0 Å². The lowest BCUT2D eigenvalue weighted by Gasteiger charge is -2.45. The van der Waals surface area contributed by atoms with Crippen LogP contribution in [0.1, 0.15) is 31.4 Å². The molecule has 1 aromatic heterocycles. The van der Waals surface area contributed by atoms with Crippen LogP contribution in [-0.4, -0.2) is 58.0 Å². The highest BCUT2D eigenvalue weighted by Crippen LogP contribution is 2.35. The largest absolute Gasteiger partial charge is 0.375 e. The van der Waals surface area contributed by atoms with Crippen LogP contribution in [0.25, 0.3) is 0 Å². The number of carbonyl (C=O) groups is 1. The fourth-order valence-corrected chi connectivity index (χ4v) is 4.10. The van der Waals surface area contributed by atoms with Crippen molar-refractivity contribution < 1.29 is 14.3 Å². The molecule has 28 heavy (non-hydrogen) atoms. The third kappa shape index (κ3) is 4.05. The van der Waals surface area contributed by atoms with Gasteiger partial charge in [-0.3, -0.25) is 0 Å². The number of aromatic nitrogens is 2. The predicted molar refractivity (Wildman–Crippen MR) is 105 cm³/mol. The summed E-state index contributed by atoms with van der Waals surface area (Å²) in [5.74, 6) is 0. The van der Waals surface area contributed by atoms with E-state index < -0.39 is 0 Å². The van der Waals surface area contributed by atoms with Gasteiger partial charge >= 0.3 is 6.03 Å². The topological polar surface area (TPSA) is 68.6 Å². The number of hydrogen-bond acceptors (Lipinski definition) is 4. The molecule has 4 rings (SSSR count). The molecule has 150 valence electrons. The number of benzene rings is 1. The zero-order chi connectivity index (χ0) is 19.6. The molecule has 0 aliphatic carbocycles. The molecular formula is C21H28N4O3. The summed E-state index contributed by atoms with van der Waals surface area (Å²) in [5.41, 5.74) is 1.91. The average molecular weight is 384 g/mol. The Hall–Kier alpha value is -2.38. The number of urea groups is 1. The molecule has 1 N–H and O–H groups in total. The number of hydrogen-bond donors (Lipinski definition) is 1. The van der Waals surface area contributed by atoms with Gasteiger partial charge in [-0.25, -0.2) is 9.78 Å². The van der Waals surface area contributed by atoms with Gasteiger partial charge in [-0.05, 0) is 25.0 Å². The molecule has 3 atom stereocenters.